The Balaban J connectivity index is 1.30. The third kappa shape index (κ3) is 5.17. The van der Waals surface area contributed by atoms with E-state index in [-0.39, 0.29) is 0 Å². The number of aromatic nitrogens is 1. The Morgan fingerprint density at radius 2 is 1.85 bits per heavy atom. The van der Waals surface area contributed by atoms with E-state index in [1.165, 1.54) is 16.5 Å². The van der Waals surface area contributed by atoms with E-state index in [9.17, 15) is 10.2 Å². The van der Waals surface area contributed by atoms with E-state index >= 15 is 0 Å². The van der Waals surface area contributed by atoms with Crippen molar-refractivity contribution >= 4 is 10.9 Å². The highest BCUT2D eigenvalue weighted by Gasteiger charge is 2.31. The summed E-state index contributed by atoms with van der Waals surface area (Å²) in [5.41, 5.74) is 4.21. The molecule has 0 saturated heterocycles. The van der Waals surface area contributed by atoms with Crippen molar-refractivity contribution in [2.75, 3.05) is 47.4 Å². The number of benzene rings is 2. The first-order valence-corrected chi connectivity index (χ1v) is 11.6. The van der Waals surface area contributed by atoms with Gasteiger partial charge in [-0.3, -0.25) is 4.90 Å². The Morgan fingerprint density at radius 3 is 2.64 bits per heavy atom. The average Bonchev–Trinajstić information content (AvgIpc) is 3.21. The lowest BCUT2D eigenvalue weighted by Crippen LogP contribution is -2.40. The highest BCUT2D eigenvalue weighted by Crippen LogP contribution is 2.36. The fourth-order valence-corrected chi connectivity index (χ4v) is 4.73. The second kappa shape index (κ2) is 10.6. The van der Waals surface area contributed by atoms with Crippen LogP contribution in [0.2, 0.25) is 0 Å². The van der Waals surface area contributed by atoms with Crippen molar-refractivity contribution in [3.8, 4) is 11.5 Å². The molecule has 0 fully saturated rings. The molecule has 3 N–H and O–H groups in total. The molecule has 0 amide bonds. The van der Waals surface area contributed by atoms with E-state index < -0.39 is 12.3 Å². The summed E-state index contributed by atoms with van der Waals surface area (Å²) in [4.78, 5) is 7.64. The molecule has 1 aliphatic rings. The molecule has 3 aromatic rings. The Labute approximate surface area is 195 Å². The molecule has 0 bridgehead atoms. The molecule has 7 nitrogen and oxygen atoms in total. The number of nitrogens with zero attached hydrogens (tertiary/aromatic N) is 2. The van der Waals surface area contributed by atoms with Crippen molar-refractivity contribution < 1.29 is 19.7 Å². The second-order valence-corrected chi connectivity index (χ2v) is 8.82. The number of para-hydroxylation sites is 1. The molecule has 2 aromatic carbocycles. The standard InChI is InChI=1S/C26H35N3O4/c1-28(13-9-19-17-27-22-8-5-4-7-20(19)22)11-6-12-29-14-10-18-15-23(32-2)24(33-3)16-21(18)25(30)26(29)31/h4-5,7-8,15-17,25-27,30-31H,6,9-14H2,1-3H3. The van der Waals surface area contributed by atoms with Gasteiger partial charge in [-0.2, -0.15) is 0 Å². The lowest BCUT2D eigenvalue weighted by molar-refractivity contribution is -0.0816. The molecule has 33 heavy (non-hydrogen) atoms. The van der Waals surface area contributed by atoms with Gasteiger partial charge in [-0.25, -0.2) is 0 Å². The number of aromatic amines is 1. The number of fused-ring (bicyclic) bond motifs is 2. The topological polar surface area (TPSA) is 81.2 Å². The molecule has 1 aromatic heterocycles. The van der Waals surface area contributed by atoms with E-state index in [0.29, 0.717) is 23.6 Å². The number of methoxy groups -OCH3 is 2. The molecule has 7 heteroatoms. The van der Waals surface area contributed by atoms with E-state index in [1.54, 1.807) is 20.3 Å². The van der Waals surface area contributed by atoms with Crippen molar-refractivity contribution in [2.24, 2.45) is 0 Å². The molecule has 178 valence electrons. The van der Waals surface area contributed by atoms with E-state index in [0.717, 1.165) is 44.5 Å². The largest absolute Gasteiger partial charge is 0.493 e. The van der Waals surface area contributed by atoms with Gasteiger partial charge in [-0.1, -0.05) is 18.2 Å². The average molecular weight is 454 g/mol. The zero-order valence-corrected chi connectivity index (χ0v) is 19.8. The van der Waals surface area contributed by atoms with Crippen LogP contribution < -0.4 is 9.47 Å². The summed E-state index contributed by atoms with van der Waals surface area (Å²) in [7, 11) is 5.32. The van der Waals surface area contributed by atoms with Crippen LogP contribution in [0.4, 0.5) is 0 Å². The van der Waals surface area contributed by atoms with E-state index in [2.05, 4.69) is 47.4 Å². The molecule has 1 aliphatic heterocycles. The Morgan fingerprint density at radius 1 is 1.09 bits per heavy atom. The number of hydrogen-bond donors (Lipinski definition) is 3. The molecule has 4 rings (SSSR count). The van der Waals surface area contributed by atoms with Crippen LogP contribution in [0.1, 0.15) is 29.2 Å². The SMILES string of the molecule is COc1cc2c(cc1OC)C(O)C(O)N(CCCN(C)CCc1c[nH]c3ccccc13)CC2. The van der Waals surface area contributed by atoms with Gasteiger partial charge in [0.1, 0.15) is 12.3 Å². The summed E-state index contributed by atoms with van der Waals surface area (Å²) < 4.78 is 10.8. The third-order valence-corrected chi connectivity index (χ3v) is 6.71. The Kier molecular flexibility index (Phi) is 7.55. The zero-order valence-electron chi connectivity index (χ0n) is 19.8. The number of likely N-dealkylation sites (N-methyl/N-ethyl adjacent to an activating group) is 1. The summed E-state index contributed by atoms with van der Waals surface area (Å²) in [6, 6.07) is 12.1. The van der Waals surface area contributed by atoms with Gasteiger partial charge >= 0.3 is 0 Å². The van der Waals surface area contributed by atoms with Crippen molar-refractivity contribution in [1.29, 1.82) is 0 Å². The maximum Gasteiger partial charge on any atom is 0.161 e. The lowest BCUT2D eigenvalue weighted by atomic mass is 9.99. The molecule has 0 radical (unpaired) electrons. The first-order chi connectivity index (χ1) is 16.0. The maximum absolute atomic E-state index is 10.8. The van der Waals surface area contributed by atoms with Crippen LogP contribution in [-0.2, 0) is 12.8 Å². The van der Waals surface area contributed by atoms with Gasteiger partial charge in [0.05, 0.1) is 14.2 Å². The van der Waals surface area contributed by atoms with Crippen LogP contribution in [0, 0.1) is 0 Å². The van der Waals surface area contributed by atoms with Gasteiger partial charge in [-0.15, -0.1) is 0 Å². The predicted molar refractivity (Wildman–Crippen MR) is 130 cm³/mol. The summed E-state index contributed by atoms with van der Waals surface area (Å²) in [6.45, 7) is 3.30. The van der Waals surface area contributed by atoms with Crippen molar-refractivity contribution in [1.82, 2.24) is 14.8 Å². The normalized spacial score (nSPS) is 19.0. The third-order valence-electron chi connectivity index (χ3n) is 6.71. The number of nitrogens with one attached hydrogen (secondary N) is 1. The Hall–Kier alpha value is -2.58. The summed E-state index contributed by atoms with van der Waals surface area (Å²) in [5.74, 6) is 1.20. The van der Waals surface area contributed by atoms with Crippen LogP contribution >= 0.6 is 0 Å². The quantitative estimate of drug-likeness (QED) is 0.462. The summed E-state index contributed by atoms with van der Waals surface area (Å²) in [5, 5.41) is 23.0. The minimum absolute atomic E-state index is 0.563. The van der Waals surface area contributed by atoms with Gasteiger partial charge in [-0.05, 0) is 67.7 Å². The number of ether oxygens (including phenoxy) is 2. The highest BCUT2D eigenvalue weighted by atomic mass is 16.5. The molecule has 0 spiro atoms. The van der Waals surface area contributed by atoms with Gasteiger partial charge in [0, 0.05) is 36.7 Å². The first-order valence-electron chi connectivity index (χ1n) is 11.6. The summed E-state index contributed by atoms with van der Waals surface area (Å²) in [6.07, 6.45) is 2.82. The minimum atomic E-state index is -0.984. The maximum atomic E-state index is 10.8. The first kappa shape index (κ1) is 23.6. The lowest BCUT2D eigenvalue weighted by Gasteiger charge is -2.29. The fourth-order valence-electron chi connectivity index (χ4n) is 4.73. The molecule has 2 unspecified atom stereocenters. The number of aliphatic hydroxyl groups excluding tert-OH is 2. The number of aliphatic hydroxyl groups is 2. The van der Waals surface area contributed by atoms with Crippen molar-refractivity contribution in [2.45, 2.75) is 31.6 Å². The van der Waals surface area contributed by atoms with E-state index in [1.807, 2.05) is 11.0 Å². The number of H-pyrrole nitrogens is 1. The Bertz CT molecular complexity index is 1070. The minimum Gasteiger partial charge on any atom is -0.493 e. The van der Waals surface area contributed by atoms with Crippen LogP contribution in [0.5, 0.6) is 11.5 Å². The smallest absolute Gasteiger partial charge is 0.161 e. The van der Waals surface area contributed by atoms with Gasteiger partial charge < -0.3 is 29.6 Å². The van der Waals surface area contributed by atoms with Crippen LogP contribution in [0.25, 0.3) is 10.9 Å². The molecular weight excluding hydrogens is 418 g/mol. The zero-order chi connectivity index (χ0) is 23.4. The van der Waals surface area contributed by atoms with Crippen molar-refractivity contribution in [3.05, 3.63) is 59.3 Å². The van der Waals surface area contributed by atoms with Crippen LogP contribution in [-0.4, -0.2) is 78.7 Å². The molecule has 2 atom stereocenters. The van der Waals surface area contributed by atoms with E-state index in [4.69, 9.17) is 9.47 Å². The fraction of sp³-hybridized carbons (Fsp3) is 0.462. The summed E-state index contributed by atoms with van der Waals surface area (Å²) >= 11 is 0. The van der Waals surface area contributed by atoms with Crippen LogP contribution in [0.3, 0.4) is 0 Å². The predicted octanol–water partition coefficient (Wildman–Crippen LogP) is 2.96. The molecule has 0 aliphatic carbocycles. The number of hydrogen-bond acceptors (Lipinski definition) is 6. The van der Waals surface area contributed by atoms with Gasteiger partial charge in [0.2, 0.25) is 0 Å². The monoisotopic (exact) mass is 453 g/mol. The molecule has 2 heterocycles. The van der Waals surface area contributed by atoms with Crippen molar-refractivity contribution in [3.63, 3.8) is 0 Å². The van der Waals surface area contributed by atoms with Gasteiger partial charge in [0.15, 0.2) is 11.5 Å². The van der Waals surface area contributed by atoms with Gasteiger partial charge in [0.25, 0.3) is 0 Å². The number of rotatable bonds is 9. The second-order valence-electron chi connectivity index (χ2n) is 8.82. The molecule has 0 saturated carbocycles. The highest BCUT2D eigenvalue weighted by molar-refractivity contribution is 5.83. The van der Waals surface area contributed by atoms with Crippen LogP contribution in [0.15, 0.2) is 42.6 Å². The molecular formula is C26H35N3O4.